The molecule has 0 spiro atoms. The number of allylic oxidation sites excluding steroid dienone is 2. The second-order valence-electron chi connectivity index (χ2n) is 11.2. The molecule has 232 valence electrons. The van der Waals surface area contributed by atoms with E-state index in [9.17, 15) is 19.6 Å². The maximum Gasteiger partial charge on any atom is 0.251 e. The molecular formula is C31H45N9O3. The zero-order valence-electron chi connectivity index (χ0n) is 25.7. The lowest BCUT2D eigenvalue weighted by Crippen LogP contribution is -2.50. The van der Waals surface area contributed by atoms with Gasteiger partial charge in [-0.1, -0.05) is 44.2 Å². The number of amides is 3. The fourth-order valence-corrected chi connectivity index (χ4v) is 6.27. The smallest absolute Gasteiger partial charge is 0.251 e. The maximum absolute atomic E-state index is 13.3. The maximum atomic E-state index is 13.3. The van der Waals surface area contributed by atoms with E-state index in [2.05, 4.69) is 39.6 Å². The van der Waals surface area contributed by atoms with Crippen LogP contribution < -0.4 is 33.1 Å². The molecule has 0 aromatic heterocycles. The standard InChI is InChI=1S/C31H45N9O3/c1-6-8-22(9-7-10-26(41)35-4)31(30(33)38-39-34,23-13-11-21(12-14-23)29(43)36-5)16-19(2)37-18-27(42)40-24(17-32)15-25-20(3)28(25)40/h7-9,11-14,19-20,24-25,28,37,39H,6,10,15-16,18,34H2,1-5H3,(H2,33,38)(H,35,41)(H,36,43)/b9-7-,22-8+/t19?,20-,24?,25?,28?,31?/m0/s1. The number of nitriles is 1. The average Bonchev–Trinajstić information content (AvgIpc) is 3.44. The Morgan fingerprint density at radius 3 is 2.51 bits per heavy atom. The summed E-state index contributed by atoms with van der Waals surface area (Å²) in [6, 6.07) is 8.85. The highest BCUT2D eigenvalue weighted by atomic mass is 16.2. The van der Waals surface area contributed by atoms with Gasteiger partial charge in [0.1, 0.15) is 11.9 Å². The number of piperidine rings is 1. The molecule has 3 amide bonds. The molecule has 1 aromatic carbocycles. The van der Waals surface area contributed by atoms with E-state index in [-0.39, 0.29) is 48.6 Å². The normalized spacial score (nSPS) is 23.6. The van der Waals surface area contributed by atoms with Gasteiger partial charge in [0.25, 0.3) is 5.91 Å². The molecule has 3 rings (SSSR count). The van der Waals surface area contributed by atoms with Crippen molar-refractivity contribution < 1.29 is 14.4 Å². The first kappa shape index (κ1) is 33.3. The van der Waals surface area contributed by atoms with Gasteiger partial charge in [0.05, 0.1) is 18.0 Å². The van der Waals surface area contributed by atoms with E-state index in [0.717, 1.165) is 17.6 Å². The van der Waals surface area contributed by atoms with Gasteiger partial charge >= 0.3 is 0 Å². The number of rotatable bonds is 14. The van der Waals surface area contributed by atoms with Crippen LogP contribution in [0.5, 0.6) is 0 Å². The Balaban J connectivity index is 2.00. The lowest BCUT2D eigenvalue weighted by Gasteiger charge is -2.38. The summed E-state index contributed by atoms with van der Waals surface area (Å²) in [7, 11) is 3.14. The van der Waals surface area contributed by atoms with Crippen molar-refractivity contribution in [3.8, 4) is 6.07 Å². The highest BCUT2D eigenvalue weighted by molar-refractivity contribution is 5.97. The van der Waals surface area contributed by atoms with E-state index < -0.39 is 11.5 Å². The monoisotopic (exact) mass is 591 g/mol. The first-order valence-corrected chi connectivity index (χ1v) is 14.7. The molecule has 1 saturated carbocycles. The Morgan fingerprint density at radius 2 is 1.93 bits per heavy atom. The van der Waals surface area contributed by atoms with Crippen LogP contribution >= 0.6 is 0 Å². The van der Waals surface area contributed by atoms with Gasteiger partial charge in [-0.2, -0.15) is 10.4 Å². The van der Waals surface area contributed by atoms with Gasteiger partial charge < -0.3 is 26.6 Å². The number of carbonyl (C=O) groups is 3. The number of hydrazone groups is 1. The highest BCUT2D eigenvalue weighted by Gasteiger charge is 2.60. The van der Waals surface area contributed by atoms with E-state index >= 15 is 0 Å². The van der Waals surface area contributed by atoms with E-state index in [1.165, 1.54) is 0 Å². The molecule has 2 aliphatic rings. The number of amidine groups is 1. The van der Waals surface area contributed by atoms with Crippen LogP contribution in [0.2, 0.25) is 0 Å². The number of nitrogens with zero attached hydrogens (tertiary/aromatic N) is 3. The number of hydrogen-bond acceptors (Lipinski definition) is 8. The summed E-state index contributed by atoms with van der Waals surface area (Å²) in [4.78, 5) is 39.4. The summed E-state index contributed by atoms with van der Waals surface area (Å²) >= 11 is 0. The molecule has 5 unspecified atom stereocenters. The van der Waals surface area contributed by atoms with Crippen molar-refractivity contribution in [3.63, 3.8) is 0 Å². The Morgan fingerprint density at radius 1 is 1.23 bits per heavy atom. The Bertz CT molecular complexity index is 1300. The largest absolute Gasteiger partial charge is 0.385 e. The molecule has 43 heavy (non-hydrogen) atoms. The molecule has 1 heterocycles. The van der Waals surface area contributed by atoms with Gasteiger partial charge in [0.2, 0.25) is 11.8 Å². The molecule has 1 aliphatic carbocycles. The van der Waals surface area contributed by atoms with Crippen molar-refractivity contribution in [1.82, 2.24) is 26.4 Å². The van der Waals surface area contributed by atoms with Gasteiger partial charge in [-0.15, -0.1) is 0 Å². The molecule has 0 bridgehead atoms. The van der Waals surface area contributed by atoms with E-state index in [4.69, 9.17) is 11.6 Å². The number of nitrogens with one attached hydrogen (secondary N) is 4. The molecule has 12 nitrogen and oxygen atoms in total. The summed E-state index contributed by atoms with van der Waals surface area (Å²) in [5.74, 6) is 6.14. The zero-order chi connectivity index (χ0) is 31.7. The number of hydrogen-bond donors (Lipinski definition) is 6. The summed E-state index contributed by atoms with van der Waals surface area (Å²) in [5.41, 5.74) is 9.99. The minimum Gasteiger partial charge on any atom is -0.385 e. The molecule has 1 aromatic rings. The lowest BCUT2D eigenvalue weighted by atomic mass is 9.68. The first-order chi connectivity index (χ1) is 20.6. The van der Waals surface area contributed by atoms with Crippen molar-refractivity contribution in [2.75, 3.05) is 20.6 Å². The Kier molecular flexibility index (Phi) is 11.5. The van der Waals surface area contributed by atoms with Gasteiger partial charge in [-0.05, 0) is 61.3 Å². The molecule has 8 N–H and O–H groups in total. The second kappa shape index (κ2) is 14.8. The Labute approximate surface area is 254 Å². The second-order valence-corrected chi connectivity index (χ2v) is 11.2. The van der Waals surface area contributed by atoms with Crippen LogP contribution in [0, 0.1) is 23.2 Å². The van der Waals surface area contributed by atoms with Gasteiger partial charge in [-0.25, -0.2) is 11.4 Å². The average molecular weight is 592 g/mol. The molecule has 12 heteroatoms. The molecule has 1 aliphatic heterocycles. The van der Waals surface area contributed by atoms with Crippen LogP contribution in [0.3, 0.4) is 0 Å². The summed E-state index contributed by atoms with van der Waals surface area (Å²) in [5, 5.41) is 22.4. The van der Waals surface area contributed by atoms with Gasteiger partial charge in [0, 0.05) is 38.2 Å². The van der Waals surface area contributed by atoms with Crippen LogP contribution in [0.15, 0.2) is 53.2 Å². The minimum atomic E-state index is -1.06. The third-order valence-corrected chi connectivity index (χ3v) is 8.60. The van der Waals surface area contributed by atoms with Crippen LogP contribution in [0.1, 0.15) is 62.4 Å². The van der Waals surface area contributed by atoms with Gasteiger partial charge in [0.15, 0.2) is 0 Å². The molecule has 2 fully saturated rings. The van der Waals surface area contributed by atoms with E-state index in [1.54, 1.807) is 37.2 Å². The minimum absolute atomic E-state index is 0.0620. The SMILES string of the molecule is CC/C=C(\C=C/CC(=O)NC)C(CC(C)NCC(=O)N1C(C#N)CC2C1[C@H]2C)(/C(N)=N/NN)c1ccc(C(=O)NC)cc1. The van der Waals surface area contributed by atoms with Crippen LogP contribution in [-0.4, -0.2) is 67.2 Å². The summed E-state index contributed by atoms with van der Waals surface area (Å²) in [6.07, 6.45) is 7.54. The first-order valence-electron chi connectivity index (χ1n) is 14.7. The van der Waals surface area contributed by atoms with Crippen molar-refractivity contribution in [1.29, 1.82) is 5.26 Å². The molecule has 1 saturated heterocycles. The van der Waals surface area contributed by atoms with Crippen LogP contribution in [0.4, 0.5) is 0 Å². The molecular weight excluding hydrogens is 546 g/mol. The third-order valence-electron chi connectivity index (χ3n) is 8.60. The Hall–Kier alpha value is -4.21. The van der Waals surface area contributed by atoms with Crippen LogP contribution in [-0.2, 0) is 15.0 Å². The number of carbonyl (C=O) groups excluding carboxylic acids is 3. The number of likely N-dealkylation sites (tertiary alicyclic amines) is 1. The lowest BCUT2D eigenvalue weighted by molar-refractivity contribution is -0.131. The van der Waals surface area contributed by atoms with Crippen LogP contribution in [0.25, 0.3) is 0 Å². The van der Waals surface area contributed by atoms with Crippen molar-refractivity contribution in [2.45, 2.75) is 70.0 Å². The van der Waals surface area contributed by atoms with Gasteiger partial charge in [-0.3, -0.25) is 14.4 Å². The molecule has 6 atom stereocenters. The van der Waals surface area contributed by atoms with Crippen molar-refractivity contribution in [2.24, 2.45) is 28.5 Å². The zero-order valence-corrected chi connectivity index (χ0v) is 25.7. The highest BCUT2D eigenvalue weighted by Crippen LogP contribution is 2.52. The molecule has 0 radical (unpaired) electrons. The predicted molar refractivity (Wildman–Crippen MR) is 166 cm³/mol. The third kappa shape index (κ3) is 7.24. The fraction of sp³-hybridized carbons (Fsp3) is 0.516. The van der Waals surface area contributed by atoms with Crippen molar-refractivity contribution in [3.05, 3.63) is 59.2 Å². The predicted octanol–water partition coefficient (Wildman–Crippen LogP) is 1.18. The van der Waals surface area contributed by atoms with E-state index in [1.807, 2.05) is 38.1 Å². The summed E-state index contributed by atoms with van der Waals surface area (Å²) < 4.78 is 0. The number of hydrazine groups is 1. The number of benzene rings is 1. The van der Waals surface area contributed by atoms with Crippen molar-refractivity contribution >= 4 is 23.6 Å². The topological polar surface area (TPSA) is 191 Å². The summed E-state index contributed by atoms with van der Waals surface area (Å²) in [6.45, 7) is 6.13. The van der Waals surface area contributed by atoms with E-state index in [0.29, 0.717) is 30.2 Å². The number of fused-ring (bicyclic) bond motifs is 1. The number of nitrogens with two attached hydrogens (primary N) is 2. The quantitative estimate of drug-likeness (QED) is 0.0611. The fourth-order valence-electron chi connectivity index (χ4n) is 6.27.